The molecule has 0 aliphatic carbocycles. The Bertz CT molecular complexity index is 968. The van der Waals surface area contributed by atoms with E-state index in [0.717, 1.165) is 23.7 Å². The summed E-state index contributed by atoms with van der Waals surface area (Å²) in [6.45, 7) is 0.864. The van der Waals surface area contributed by atoms with E-state index in [1.807, 2.05) is 24.3 Å². The molecule has 3 aromatic rings. The number of pyridine rings is 1. The molecule has 1 aromatic carbocycles. The summed E-state index contributed by atoms with van der Waals surface area (Å²) in [5, 5.41) is 12.2. The molecular formula is C19H16F2N4. The van der Waals surface area contributed by atoms with Gasteiger partial charge in [-0.2, -0.15) is 5.26 Å². The van der Waals surface area contributed by atoms with Gasteiger partial charge in [0.25, 0.3) is 5.92 Å². The number of aryl methyl sites for hydroxylation is 1. The van der Waals surface area contributed by atoms with Crippen molar-refractivity contribution in [3.05, 3.63) is 65.1 Å². The normalized spacial score (nSPS) is 11.8. The van der Waals surface area contributed by atoms with E-state index in [1.54, 1.807) is 23.9 Å². The van der Waals surface area contributed by atoms with Crippen molar-refractivity contribution in [2.75, 3.05) is 0 Å². The molecule has 0 unspecified atom stereocenters. The lowest BCUT2D eigenvalue weighted by Crippen LogP contribution is -2.12. The number of nitrogens with zero attached hydrogens (tertiary/aromatic N) is 3. The van der Waals surface area contributed by atoms with Crippen LogP contribution in [0.15, 0.2) is 42.6 Å². The number of hydrogen-bond donors (Lipinski definition) is 1. The molecule has 2 aromatic heterocycles. The van der Waals surface area contributed by atoms with Gasteiger partial charge in [0.1, 0.15) is 6.07 Å². The summed E-state index contributed by atoms with van der Waals surface area (Å²) in [5.41, 5.74) is 3.50. The molecule has 0 aliphatic heterocycles. The highest BCUT2D eigenvalue weighted by Gasteiger charge is 2.24. The molecule has 0 saturated carbocycles. The second-order valence-electron chi connectivity index (χ2n) is 5.82. The molecule has 6 heteroatoms. The molecule has 3 rings (SSSR count). The van der Waals surface area contributed by atoms with Gasteiger partial charge in [-0.05, 0) is 29.8 Å². The number of H-pyrrole nitrogens is 1. The fourth-order valence-electron chi connectivity index (χ4n) is 2.52. The fraction of sp³-hybridized carbons (Fsp3) is 0.158. The zero-order valence-electron chi connectivity index (χ0n) is 13.8. The Kier molecular flexibility index (Phi) is 4.24. The third-order valence-corrected chi connectivity index (χ3v) is 3.87. The molecule has 0 bridgehead atoms. The lowest BCUT2D eigenvalue weighted by molar-refractivity contribution is 0.0173. The van der Waals surface area contributed by atoms with Gasteiger partial charge in [0.2, 0.25) is 0 Å². The summed E-state index contributed by atoms with van der Waals surface area (Å²) < 4.78 is 28.4. The maximum atomic E-state index is 13.4. The Hall–Kier alpha value is -3.20. The molecule has 0 fully saturated rings. The van der Waals surface area contributed by atoms with Gasteiger partial charge in [0.15, 0.2) is 5.69 Å². The Morgan fingerprint density at radius 3 is 2.72 bits per heavy atom. The molecule has 0 saturated heterocycles. The van der Waals surface area contributed by atoms with Gasteiger partial charge < -0.3 is 0 Å². The summed E-state index contributed by atoms with van der Waals surface area (Å²) in [6.07, 6.45) is 4.87. The number of alkyl halides is 2. The average Bonchev–Trinajstić information content (AvgIpc) is 2.58. The second kappa shape index (κ2) is 6.36. The van der Waals surface area contributed by atoms with Crippen molar-refractivity contribution in [3.8, 4) is 17.3 Å². The van der Waals surface area contributed by atoms with E-state index >= 15 is 0 Å². The van der Waals surface area contributed by atoms with Gasteiger partial charge in [0.05, 0.1) is 11.4 Å². The highest BCUT2D eigenvalue weighted by molar-refractivity contribution is 5.73. The zero-order chi connectivity index (χ0) is 18.0. The van der Waals surface area contributed by atoms with Crippen LogP contribution in [-0.4, -0.2) is 14.8 Å². The Labute approximate surface area is 144 Å². The molecule has 2 heterocycles. The maximum Gasteiger partial charge on any atom is 0.270 e. The van der Waals surface area contributed by atoms with Crippen LogP contribution in [0.4, 0.5) is 8.78 Å². The van der Waals surface area contributed by atoms with Crippen molar-refractivity contribution in [2.45, 2.75) is 12.8 Å². The summed E-state index contributed by atoms with van der Waals surface area (Å²) >= 11 is 0. The maximum absolute atomic E-state index is 13.4. The molecular weight excluding hydrogens is 322 g/mol. The first-order valence-electron chi connectivity index (χ1n) is 7.66. The number of nitrogens with one attached hydrogen (secondary N) is 1. The van der Waals surface area contributed by atoms with Crippen molar-refractivity contribution in [2.24, 2.45) is 7.05 Å². The van der Waals surface area contributed by atoms with Gasteiger partial charge >= 0.3 is 0 Å². The SMILES string of the molecule is Cn1[nH]c(-c2cccc(/C=C/c3cc(C(C)(F)F)ccn3)c2)c1C#N. The lowest BCUT2D eigenvalue weighted by atomic mass is 10.0. The van der Waals surface area contributed by atoms with Crippen LogP contribution in [0.1, 0.15) is 29.4 Å². The quantitative estimate of drug-likeness (QED) is 0.757. The van der Waals surface area contributed by atoms with Crippen LogP contribution in [0.5, 0.6) is 0 Å². The Morgan fingerprint density at radius 2 is 2.04 bits per heavy atom. The van der Waals surface area contributed by atoms with E-state index in [-0.39, 0.29) is 5.56 Å². The smallest absolute Gasteiger partial charge is 0.270 e. The van der Waals surface area contributed by atoms with Gasteiger partial charge in [-0.25, -0.2) is 8.78 Å². The first-order valence-corrected chi connectivity index (χ1v) is 7.66. The van der Waals surface area contributed by atoms with Crippen LogP contribution >= 0.6 is 0 Å². The monoisotopic (exact) mass is 338 g/mol. The largest absolute Gasteiger partial charge is 0.294 e. The predicted molar refractivity (Wildman–Crippen MR) is 92.6 cm³/mol. The van der Waals surface area contributed by atoms with E-state index in [1.165, 1.54) is 18.3 Å². The third kappa shape index (κ3) is 3.50. The number of halogens is 2. The summed E-state index contributed by atoms with van der Waals surface area (Å²) in [4.78, 5) is 4.10. The van der Waals surface area contributed by atoms with E-state index in [2.05, 4.69) is 16.2 Å². The van der Waals surface area contributed by atoms with Crippen LogP contribution in [0.3, 0.4) is 0 Å². The van der Waals surface area contributed by atoms with Crippen LogP contribution < -0.4 is 0 Å². The minimum atomic E-state index is -2.90. The number of benzene rings is 1. The van der Waals surface area contributed by atoms with Gasteiger partial charge in [-0.1, -0.05) is 24.3 Å². The van der Waals surface area contributed by atoms with Crippen molar-refractivity contribution < 1.29 is 8.78 Å². The molecule has 0 amide bonds. The number of aromatic amines is 1. The minimum Gasteiger partial charge on any atom is -0.294 e. The van der Waals surface area contributed by atoms with E-state index in [4.69, 9.17) is 5.26 Å². The molecule has 1 N–H and O–H groups in total. The highest BCUT2D eigenvalue weighted by Crippen LogP contribution is 2.27. The van der Waals surface area contributed by atoms with Crippen molar-refractivity contribution in [1.82, 2.24) is 14.8 Å². The second-order valence-corrected chi connectivity index (χ2v) is 5.82. The minimum absolute atomic E-state index is 0.0681. The number of aromatic nitrogens is 3. The van der Waals surface area contributed by atoms with Crippen LogP contribution in [0.2, 0.25) is 0 Å². The summed E-state index contributed by atoms with van der Waals surface area (Å²) in [7, 11) is 1.77. The fourth-order valence-corrected chi connectivity index (χ4v) is 2.52. The zero-order valence-corrected chi connectivity index (χ0v) is 13.8. The topological polar surface area (TPSA) is 57.4 Å². The molecule has 0 atom stereocenters. The molecule has 0 radical (unpaired) electrons. The highest BCUT2D eigenvalue weighted by atomic mass is 19.3. The van der Waals surface area contributed by atoms with Crippen molar-refractivity contribution in [1.29, 1.82) is 5.26 Å². The average molecular weight is 338 g/mol. The van der Waals surface area contributed by atoms with E-state index < -0.39 is 5.92 Å². The molecule has 4 nitrogen and oxygen atoms in total. The van der Waals surface area contributed by atoms with Gasteiger partial charge in [-0.3, -0.25) is 14.8 Å². The van der Waals surface area contributed by atoms with E-state index in [9.17, 15) is 8.78 Å². The van der Waals surface area contributed by atoms with Crippen molar-refractivity contribution in [3.63, 3.8) is 0 Å². The lowest BCUT2D eigenvalue weighted by Gasteiger charge is -2.15. The van der Waals surface area contributed by atoms with Gasteiger partial charge in [-0.15, -0.1) is 0 Å². The molecule has 126 valence electrons. The molecule has 25 heavy (non-hydrogen) atoms. The van der Waals surface area contributed by atoms with E-state index in [0.29, 0.717) is 11.4 Å². The van der Waals surface area contributed by atoms with Crippen LogP contribution in [0, 0.1) is 11.3 Å². The standard InChI is InChI=1S/C19H16F2N4/c1-19(20,21)15-8-9-23-16(11-15)7-6-13-4-3-5-14(10-13)18-17(12-22)25(2)24-18/h3-11,24H,1-2H3/b7-6+. The van der Waals surface area contributed by atoms with Crippen LogP contribution in [0.25, 0.3) is 23.4 Å². The Morgan fingerprint density at radius 1 is 1.24 bits per heavy atom. The predicted octanol–water partition coefficient (Wildman–Crippen LogP) is 4.57. The third-order valence-electron chi connectivity index (χ3n) is 3.87. The first kappa shape index (κ1) is 16.7. The number of rotatable bonds is 4. The molecule has 0 spiro atoms. The Balaban J connectivity index is 1.86. The first-order chi connectivity index (χ1) is 11.9. The van der Waals surface area contributed by atoms with Gasteiger partial charge in [0, 0.05) is 31.3 Å². The van der Waals surface area contributed by atoms with Crippen molar-refractivity contribution >= 4 is 12.2 Å². The van der Waals surface area contributed by atoms with Crippen LogP contribution in [-0.2, 0) is 13.0 Å². The summed E-state index contributed by atoms with van der Waals surface area (Å²) in [5.74, 6) is -2.90. The molecule has 0 aliphatic rings. The summed E-state index contributed by atoms with van der Waals surface area (Å²) in [6, 6.07) is 12.4. The number of hydrogen-bond acceptors (Lipinski definition) is 2. The number of nitriles is 1.